The number of aliphatic carboxylic acids is 1. The molecule has 45 heavy (non-hydrogen) atoms. The van der Waals surface area contributed by atoms with Crippen molar-refractivity contribution in [3.05, 3.63) is 0 Å². The highest BCUT2D eigenvalue weighted by Gasteiger charge is 2.84. The number of morpholine rings is 1. The maximum atomic E-state index is 12.9. The smallest absolute Gasteiger partial charge is 0.305 e. The molecular formula is C37H57NO7. The number of nitrogens with zero attached hydrogens (tertiary/aromatic N) is 1. The van der Waals surface area contributed by atoms with Gasteiger partial charge in [0, 0.05) is 18.4 Å². The minimum Gasteiger partial charge on any atom is -0.481 e. The van der Waals surface area contributed by atoms with Crippen molar-refractivity contribution in [3.63, 3.8) is 0 Å². The number of carbonyl (C=O) groups is 2. The average Bonchev–Trinajstić information content (AvgIpc) is 3.89. The van der Waals surface area contributed by atoms with Gasteiger partial charge in [0.25, 0.3) is 0 Å². The standard InChI is InChI=1S/C37H57NO7/c1-21-16-23(18-28(40)41)44-31-30(21)34(4)12-13-37-20-36(37)11-10-26(33(2,3)24(36)8-9-25(37)35(34,5)32(31)42)45-29-19-38(14-15-43-29)27(39)17-22-6-7-22/h21-26,29-32,42H,6-20H2,1-5H3,(H,40,41)/t21-,23?,24+,25?,26+,29+,30+,31?,32+,34-,35-,36?,37?/m1/s1. The van der Waals surface area contributed by atoms with Crippen LogP contribution in [0.3, 0.4) is 0 Å². The number of hydrogen-bond donors (Lipinski definition) is 2. The lowest BCUT2D eigenvalue weighted by atomic mass is 9.41. The van der Waals surface area contributed by atoms with Crippen molar-refractivity contribution >= 4 is 11.9 Å². The third-order valence-corrected chi connectivity index (χ3v) is 16.1. The summed E-state index contributed by atoms with van der Waals surface area (Å²) in [5, 5.41) is 21.8. The van der Waals surface area contributed by atoms with Crippen LogP contribution in [0.15, 0.2) is 0 Å². The van der Waals surface area contributed by atoms with Crippen molar-refractivity contribution in [2.45, 2.75) is 142 Å². The van der Waals surface area contributed by atoms with Gasteiger partial charge in [0.1, 0.15) is 0 Å². The van der Waals surface area contributed by atoms with Gasteiger partial charge in [-0.05, 0) is 115 Å². The number of aliphatic hydroxyl groups excluding tert-OH is 1. The number of carbonyl (C=O) groups excluding carboxylic acids is 1. The molecule has 8 heteroatoms. The molecule has 2 spiro atoms. The van der Waals surface area contributed by atoms with Crippen LogP contribution in [0.5, 0.6) is 0 Å². The number of aliphatic hydroxyl groups is 1. The summed E-state index contributed by atoms with van der Waals surface area (Å²) in [5.41, 5.74) is 0.300. The van der Waals surface area contributed by atoms with Crippen LogP contribution in [0.1, 0.15) is 112 Å². The van der Waals surface area contributed by atoms with Crippen molar-refractivity contribution in [2.75, 3.05) is 19.7 Å². The SMILES string of the molecule is C[C@@H]1CC(CC(=O)O)OC2[C@H]1[C@@]1(C)CCC34CC35CC[C@H](O[C@H]3CN(C(=O)CC6CC6)CCO3)C(C)(C)[C@@H]5CCC4[C@]1(C)[C@H]2O. The van der Waals surface area contributed by atoms with Crippen LogP contribution in [0, 0.1) is 56.7 Å². The molecule has 0 aromatic rings. The fourth-order valence-corrected chi connectivity index (χ4v) is 13.8. The first-order valence-corrected chi connectivity index (χ1v) is 18.4. The number of hydrogen-bond acceptors (Lipinski definition) is 6. The highest BCUT2D eigenvalue weighted by Crippen LogP contribution is 2.89. The third-order valence-electron chi connectivity index (χ3n) is 16.1. The highest BCUT2D eigenvalue weighted by atomic mass is 16.7. The van der Waals surface area contributed by atoms with E-state index in [0.29, 0.717) is 55.2 Å². The molecule has 2 heterocycles. The second-order valence-electron chi connectivity index (χ2n) is 18.1. The molecule has 0 aromatic carbocycles. The van der Waals surface area contributed by atoms with Gasteiger partial charge in [-0.1, -0.05) is 34.6 Å². The van der Waals surface area contributed by atoms with E-state index in [1.807, 2.05) is 4.90 Å². The number of carboxylic acids is 1. The fraction of sp³-hybridized carbons (Fsp3) is 0.946. The molecule has 0 radical (unpaired) electrons. The van der Waals surface area contributed by atoms with Gasteiger partial charge in [0.15, 0.2) is 6.29 Å². The van der Waals surface area contributed by atoms with Gasteiger partial charge in [0.05, 0.1) is 44.0 Å². The summed E-state index contributed by atoms with van der Waals surface area (Å²) in [6, 6.07) is 0. The van der Waals surface area contributed by atoms with Crippen molar-refractivity contribution in [1.29, 1.82) is 0 Å². The lowest BCUT2D eigenvalue weighted by Gasteiger charge is -2.64. The molecule has 8 fully saturated rings. The molecule has 0 aromatic heterocycles. The third kappa shape index (κ3) is 4.22. The van der Waals surface area contributed by atoms with Crippen LogP contribution in [0.2, 0.25) is 0 Å². The predicted octanol–water partition coefficient (Wildman–Crippen LogP) is 5.64. The summed E-state index contributed by atoms with van der Waals surface area (Å²) in [5.74, 6) is 1.66. The minimum absolute atomic E-state index is 0.00198. The molecule has 2 N–H and O–H groups in total. The Bertz CT molecular complexity index is 1240. The van der Waals surface area contributed by atoms with E-state index in [9.17, 15) is 19.8 Å². The number of rotatable bonds is 6. The Labute approximate surface area is 269 Å². The Hall–Kier alpha value is -1.22. The lowest BCUT2D eigenvalue weighted by molar-refractivity contribution is -0.248. The van der Waals surface area contributed by atoms with Gasteiger partial charge >= 0.3 is 5.97 Å². The van der Waals surface area contributed by atoms with Crippen molar-refractivity contribution in [1.82, 2.24) is 4.90 Å². The largest absolute Gasteiger partial charge is 0.481 e. The topological polar surface area (TPSA) is 106 Å². The van der Waals surface area contributed by atoms with Crippen LogP contribution in [0.25, 0.3) is 0 Å². The molecule has 8 rings (SSSR count). The van der Waals surface area contributed by atoms with Gasteiger partial charge in [-0.15, -0.1) is 0 Å². The average molecular weight is 628 g/mol. The Morgan fingerprint density at radius 3 is 2.42 bits per heavy atom. The molecule has 8 aliphatic rings. The maximum absolute atomic E-state index is 12.9. The van der Waals surface area contributed by atoms with E-state index < -0.39 is 12.1 Å². The Morgan fingerprint density at radius 2 is 1.69 bits per heavy atom. The van der Waals surface area contributed by atoms with E-state index in [-0.39, 0.29) is 64.5 Å². The molecule has 2 aliphatic heterocycles. The van der Waals surface area contributed by atoms with Crippen LogP contribution in [0.4, 0.5) is 0 Å². The molecule has 0 bridgehead atoms. The summed E-state index contributed by atoms with van der Waals surface area (Å²) >= 11 is 0. The quantitative estimate of drug-likeness (QED) is 0.393. The monoisotopic (exact) mass is 627 g/mol. The molecule has 13 atom stereocenters. The normalized spacial score (nSPS) is 52.9. The predicted molar refractivity (Wildman–Crippen MR) is 167 cm³/mol. The summed E-state index contributed by atoms with van der Waals surface area (Å²) < 4.78 is 19.5. The summed E-state index contributed by atoms with van der Waals surface area (Å²) in [4.78, 5) is 26.4. The molecule has 2 saturated heterocycles. The first-order chi connectivity index (χ1) is 21.3. The Kier molecular flexibility index (Phi) is 7.01. The van der Waals surface area contributed by atoms with Crippen molar-refractivity contribution < 1.29 is 34.0 Å². The number of ether oxygens (including phenoxy) is 3. The van der Waals surface area contributed by atoms with E-state index in [0.717, 1.165) is 32.1 Å². The molecule has 6 saturated carbocycles. The second kappa shape index (κ2) is 10.1. The highest BCUT2D eigenvalue weighted by molar-refractivity contribution is 5.76. The van der Waals surface area contributed by atoms with E-state index in [2.05, 4.69) is 34.6 Å². The van der Waals surface area contributed by atoms with Crippen molar-refractivity contribution in [3.8, 4) is 0 Å². The van der Waals surface area contributed by atoms with Crippen molar-refractivity contribution in [2.24, 2.45) is 56.7 Å². The zero-order chi connectivity index (χ0) is 31.7. The summed E-state index contributed by atoms with van der Waals surface area (Å²) in [7, 11) is 0. The summed E-state index contributed by atoms with van der Waals surface area (Å²) in [6.07, 6.45) is 10.5. The molecule has 6 aliphatic carbocycles. The molecule has 1 amide bonds. The number of amides is 1. The molecule has 8 nitrogen and oxygen atoms in total. The minimum atomic E-state index is -0.818. The van der Waals surface area contributed by atoms with Gasteiger partial charge in [-0.2, -0.15) is 0 Å². The molecule has 5 unspecified atom stereocenters. The number of carboxylic acid groups (broad SMARTS) is 1. The first kappa shape index (κ1) is 31.1. The van der Waals surface area contributed by atoms with Crippen LogP contribution in [-0.4, -0.2) is 77.4 Å². The summed E-state index contributed by atoms with van der Waals surface area (Å²) in [6.45, 7) is 13.8. The zero-order valence-electron chi connectivity index (χ0n) is 28.3. The number of fused-ring (bicyclic) bond motifs is 4. The Balaban J connectivity index is 1.01. The van der Waals surface area contributed by atoms with E-state index >= 15 is 0 Å². The Morgan fingerprint density at radius 1 is 0.956 bits per heavy atom. The van der Waals surface area contributed by atoms with Crippen LogP contribution in [-0.2, 0) is 23.8 Å². The van der Waals surface area contributed by atoms with Gasteiger partial charge in [-0.25, -0.2) is 0 Å². The fourth-order valence-electron chi connectivity index (χ4n) is 13.8. The van der Waals surface area contributed by atoms with E-state index in [1.54, 1.807) is 0 Å². The van der Waals surface area contributed by atoms with E-state index in [4.69, 9.17) is 14.2 Å². The van der Waals surface area contributed by atoms with Gasteiger partial charge < -0.3 is 29.3 Å². The maximum Gasteiger partial charge on any atom is 0.305 e. The second-order valence-corrected chi connectivity index (χ2v) is 18.1. The first-order valence-electron chi connectivity index (χ1n) is 18.4. The zero-order valence-corrected chi connectivity index (χ0v) is 28.3. The van der Waals surface area contributed by atoms with Gasteiger partial charge in [-0.3, -0.25) is 9.59 Å². The molecule has 252 valence electrons. The van der Waals surface area contributed by atoms with Crippen LogP contribution < -0.4 is 0 Å². The lowest BCUT2D eigenvalue weighted by Crippen LogP contribution is -2.60. The molecular weight excluding hydrogens is 570 g/mol. The van der Waals surface area contributed by atoms with Crippen LogP contribution >= 0.6 is 0 Å². The van der Waals surface area contributed by atoms with E-state index in [1.165, 1.54) is 32.1 Å². The van der Waals surface area contributed by atoms with Gasteiger partial charge in [0.2, 0.25) is 5.91 Å².